The van der Waals surface area contributed by atoms with E-state index >= 15 is 0 Å². The van der Waals surface area contributed by atoms with Crippen molar-refractivity contribution in [2.45, 2.75) is 18.7 Å². The van der Waals surface area contributed by atoms with Crippen LogP contribution in [-0.4, -0.2) is 37.9 Å². The maximum absolute atomic E-state index is 14.5. The van der Waals surface area contributed by atoms with Gasteiger partial charge >= 0.3 is 0 Å². The molecule has 1 heterocycles. The van der Waals surface area contributed by atoms with Crippen LogP contribution in [0.4, 0.5) is 8.78 Å². The third-order valence-electron chi connectivity index (χ3n) is 4.42. The Kier molecular flexibility index (Phi) is 6.54. The predicted octanol–water partition coefficient (Wildman–Crippen LogP) is 3.12. The number of aromatic nitrogens is 3. The van der Waals surface area contributed by atoms with E-state index in [1.54, 1.807) is 17.0 Å². The number of aliphatic hydroxyl groups is 1. The first-order valence-corrected chi connectivity index (χ1v) is 9.11. The second kappa shape index (κ2) is 9.09. The molecule has 0 saturated carbocycles. The molecule has 2 aromatic carbocycles. The van der Waals surface area contributed by atoms with Gasteiger partial charge in [-0.3, -0.25) is 4.90 Å². The van der Waals surface area contributed by atoms with Gasteiger partial charge in [-0.1, -0.05) is 29.8 Å². The number of hydrogen-bond donors (Lipinski definition) is 1. The molecule has 6 nitrogen and oxygen atoms in total. The summed E-state index contributed by atoms with van der Waals surface area (Å²) in [7, 11) is 0. The summed E-state index contributed by atoms with van der Waals surface area (Å²) >= 11 is 5.91. The van der Waals surface area contributed by atoms with E-state index in [-0.39, 0.29) is 25.2 Å². The Morgan fingerprint density at radius 2 is 1.97 bits per heavy atom. The van der Waals surface area contributed by atoms with E-state index in [9.17, 15) is 19.1 Å². The molecule has 150 valence electrons. The molecule has 1 atom stereocenters. The van der Waals surface area contributed by atoms with Gasteiger partial charge < -0.3 is 5.11 Å². The Hall–Kier alpha value is -2.86. The van der Waals surface area contributed by atoms with Crippen LogP contribution in [0.3, 0.4) is 0 Å². The van der Waals surface area contributed by atoms with Gasteiger partial charge in [0.05, 0.1) is 19.2 Å². The van der Waals surface area contributed by atoms with Crippen molar-refractivity contribution in [2.24, 2.45) is 0 Å². The van der Waals surface area contributed by atoms with E-state index < -0.39 is 17.2 Å². The lowest BCUT2D eigenvalue weighted by Gasteiger charge is -2.34. The average Bonchev–Trinajstić information content (AvgIpc) is 3.16. The van der Waals surface area contributed by atoms with Gasteiger partial charge in [0.1, 0.15) is 29.9 Å². The molecular formula is C20H18ClF2N5O. The van der Waals surface area contributed by atoms with Crippen LogP contribution in [0.1, 0.15) is 11.1 Å². The summed E-state index contributed by atoms with van der Waals surface area (Å²) in [6, 6.07) is 12.1. The van der Waals surface area contributed by atoms with Crippen LogP contribution in [0.15, 0.2) is 55.1 Å². The predicted molar refractivity (Wildman–Crippen MR) is 103 cm³/mol. The zero-order valence-corrected chi connectivity index (χ0v) is 16.1. The van der Waals surface area contributed by atoms with Gasteiger partial charge in [0.25, 0.3) is 0 Å². The Morgan fingerprint density at radius 1 is 1.21 bits per heavy atom. The normalized spacial score (nSPS) is 13.2. The number of rotatable bonds is 8. The molecule has 0 amide bonds. The fourth-order valence-corrected chi connectivity index (χ4v) is 3.28. The van der Waals surface area contributed by atoms with Crippen molar-refractivity contribution < 1.29 is 13.9 Å². The van der Waals surface area contributed by atoms with Crippen LogP contribution in [0.5, 0.6) is 0 Å². The molecule has 1 unspecified atom stereocenters. The third kappa shape index (κ3) is 5.35. The molecule has 1 aromatic heterocycles. The molecule has 0 aliphatic heterocycles. The monoisotopic (exact) mass is 417 g/mol. The Labute approximate surface area is 171 Å². The lowest BCUT2D eigenvalue weighted by molar-refractivity contribution is -0.0206. The molecule has 0 spiro atoms. The standard InChI is InChI=1S/C20H18ClF2N5O/c21-16-3-1-15(2-4-16)10-27(8-7-24)11-20(29,12-28-14-25-13-26-28)18-6-5-17(22)9-19(18)23/h1-6,9,13-14,29H,8,10-12H2. The lowest BCUT2D eigenvalue weighted by atomic mass is 9.92. The molecular weight excluding hydrogens is 400 g/mol. The molecule has 0 aliphatic carbocycles. The molecule has 29 heavy (non-hydrogen) atoms. The van der Waals surface area contributed by atoms with Crippen LogP contribution in [0, 0.1) is 23.0 Å². The van der Waals surface area contributed by atoms with E-state index in [1.807, 2.05) is 12.1 Å². The highest BCUT2D eigenvalue weighted by molar-refractivity contribution is 6.30. The number of nitriles is 1. The minimum absolute atomic E-state index is 0.00882. The zero-order valence-electron chi connectivity index (χ0n) is 15.3. The topological polar surface area (TPSA) is 78.0 Å². The first-order chi connectivity index (χ1) is 13.9. The largest absolute Gasteiger partial charge is 0.382 e. The minimum Gasteiger partial charge on any atom is -0.382 e. The van der Waals surface area contributed by atoms with Gasteiger partial charge in [0.2, 0.25) is 0 Å². The highest BCUT2D eigenvalue weighted by Crippen LogP contribution is 2.28. The van der Waals surface area contributed by atoms with Crippen LogP contribution < -0.4 is 0 Å². The van der Waals surface area contributed by atoms with Crippen molar-refractivity contribution in [3.05, 3.63) is 82.9 Å². The summed E-state index contributed by atoms with van der Waals surface area (Å²) in [5.74, 6) is -1.62. The molecule has 0 saturated heterocycles. The summed E-state index contributed by atoms with van der Waals surface area (Å²) in [6.07, 6.45) is 2.68. The Balaban J connectivity index is 1.92. The molecule has 0 aliphatic rings. The average molecular weight is 418 g/mol. The summed E-state index contributed by atoms with van der Waals surface area (Å²) in [4.78, 5) is 5.51. The quantitative estimate of drug-likeness (QED) is 0.570. The van der Waals surface area contributed by atoms with E-state index in [1.165, 1.54) is 23.4 Å². The minimum atomic E-state index is -1.78. The fourth-order valence-electron chi connectivity index (χ4n) is 3.16. The molecule has 0 bridgehead atoms. The molecule has 0 radical (unpaired) electrons. The third-order valence-corrected chi connectivity index (χ3v) is 4.67. The second-order valence-corrected chi connectivity index (χ2v) is 7.11. The van der Waals surface area contributed by atoms with Gasteiger partial charge in [-0.05, 0) is 23.8 Å². The first kappa shape index (κ1) is 20.9. The highest BCUT2D eigenvalue weighted by Gasteiger charge is 2.35. The van der Waals surface area contributed by atoms with Crippen molar-refractivity contribution in [1.29, 1.82) is 5.26 Å². The van der Waals surface area contributed by atoms with Crippen LogP contribution in [-0.2, 0) is 18.7 Å². The van der Waals surface area contributed by atoms with E-state index in [0.29, 0.717) is 11.6 Å². The lowest BCUT2D eigenvalue weighted by Crippen LogP contribution is -2.44. The first-order valence-electron chi connectivity index (χ1n) is 8.74. The number of halogens is 3. The molecule has 0 fully saturated rings. The Bertz CT molecular complexity index is 991. The fraction of sp³-hybridized carbons (Fsp3) is 0.250. The van der Waals surface area contributed by atoms with Gasteiger partial charge in [-0.25, -0.2) is 18.4 Å². The van der Waals surface area contributed by atoms with Crippen molar-refractivity contribution in [2.75, 3.05) is 13.1 Å². The smallest absolute Gasteiger partial charge is 0.137 e. The maximum atomic E-state index is 14.5. The zero-order chi connectivity index (χ0) is 20.9. The maximum Gasteiger partial charge on any atom is 0.137 e. The summed E-state index contributed by atoms with van der Waals surface area (Å²) in [5.41, 5.74) is -1.00. The van der Waals surface area contributed by atoms with E-state index in [2.05, 4.69) is 16.2 Å². The van der Waals surface area contributed by atoms with Crippen molar-refractivity contribution in [3.8, 4) is 6.07 Å². The molecule has 9 heteroatoms. The SMILES string of the molecule is N#CCN(Cc1ccc(Cl)cc1)CC(O)(Cn1cncn1)c1ccc(F)cc1F. The van der Waals surface area contributed by atoms with Gasteiger partial charge in [0.15, 0.2) is 0 Å². The van der Waals surface area contributed by atoms with Gasteiger partial charge in [0, 0.05) is 29.7 Å². The number of benzene rings is 2. The summed E-state index contributed by atoms with van der Waals surface area (Å²) in [5, 5.41) is 25.2. The highest BCUT2D eigenvalue weighted by atomic mass is 35.5. The summed E-state index contributed by atoms with van der Waals surface area (Å²) in [6.45, 7) is 0.0992. The van der Waals surface area contributed by atoms with Crippen molar-refractivity contribution in [1.82, 2.24) is 19.7 Å². The van der Waals surface area contributed by atoms with E-state index in [4.69, 9.17) is 11.6 Å². The van der Waals surface area contributed by atoms with Crippen molar-refractivity contribution in [3.63, 3.8) is 0 Å². The molecule has 3 rings (SSSR count). The number of hydrogen-bond acceptors (Lipinski definition) is 5. The van der Waals surface area contributed by atoms with E-state index in [0.717, 1.165) is 17.7 Å². The van der Waals surface area contributed by atoms with Crippen LogP contribution >= 0.6 is 11.6 Å². The number of nitrogens with zero attached hydrogens (tertiary/aromatic N) is 5. The van der Waals surface area contributed by atoms with Gasteiger partial charge in [-0.15, -0.1) is 0 Å². The van der Waals surface area contributed by atoms with Crippen LogP contribution in [0.25, 0.3) is 0 Å². The second-order valence-electron chi connectivity index (χ2n) is 6.68. The van der Waals surface area contributed by atoms with Crippen molar-refractivity contribution >= 4 is 11.6 Å². The van der Waals surface area contributed by atoms with Gasteiger partial charge in [-0.2, -0.15) is 10.4 Å². The summed E-state index contributed by atoms with van der Waals surface area (Å²) < 4.78 is 29.3. The Morgan fingerprint density at radius 3 is 2.59 bits per heavy atom. The van der Waals surface area contributed by atoms with Crippen LogP contribution in [0.2, 0.25) is 5.02 Å². The molecule has 3 aromatic rings. The molecule has 1 N–H and O–H groups in total.